The zero-order chi connectivity index (χ0) is 11.1. The van der Waals surface area contributed by atoms with Gasteiger partial charge in [0.15, 0.2) is 0 Å². The third kappa shape index (κ3) is 3.62. The molecule has 0 heterocycles. The van der Waals surface area contributed by atoms with Gasteiger partial charge in [-0.2, -0.15) is 0 Å². The van der Waals surface area contributed by atoms with Gasteiger partial charge >= 0.3 is 0 Å². The van der Waals surface area contributed by atoms with Crippen molar-refractivity contribution in [1.29, 1.82) is 0 Å². The predicted molar refractivity (Wildman–Crippen MR) is 62.7 cm³/mol. The lowest BCUT2D eigenvalue weighted by Crippen LogP contribution is -2.25. The van der Waals surface area contributed by atoms with Crippen LogP contribution in [0.1, 0.15) is 36.5 Å². The summed E-state index contributed by atoms with van der Waals surface area (Å²) in [6.45, 7) is 2.86. The highest BCUT2D eigenvalue weighted by atomic mass is 16.1. The average molecular weight is 206 g/mol. The van der Waals surface area contributed by atoms with Crippen LogP contribution in [0.2, 0.25) is 0 Å². The molecule has 0 fully saturated rings. The van der Waals surface area contributed by atoms with E-state index in [-0.39, 0.29) is 5.91 Å². The fourth-order valence-corrected chi connectivity index (χ4v) is 1.38. The van der Waals surface area contributed by atoms with Gasteiger partial charge in [-0.25, -0.2) is 0 Å². The van der Waals surface area contributed by atoms with E-state index in [1.165, 1.54) is 0 Å². The van der Waals surface area contributed by atoms with Crippen molar-refractivity contribution in [2.75, 3.05) is 12.3 Å². The molecule has 0 aliphatic heterocycles. The summed E-state index contributed by atoms with van der Waals surface area (Å²) in [5, 5.41) is 2.86. The molecule has 0 aromatic heterocycles. The first-order chi connectivity index (χ1) is 7.25. The van der Waals surface area contributed by atoms with Crippen LogP contribution in [0.15, 0.2) is 24.3 Å². The molecule has 0 spiro atoms. The maximum Gasteiger partial charge on any atom is 0.253 e. The number of nitrogens with two attached hydrogens (primary N) is 1. The topological polar surface area (TPSA) is 55.1 Å². The zero-order valence-corrected chi connectivity index (χ0v) is 9.12. The van der Waals surface area contributed by atoms with Crippen LogP contribution < -0.4 is 11.1 Å². The minimum absolute atomic E-state index is 0.0794. The first-order valence-corrected chi connectivity index (χ1v) is 5.38. The zero-order valence-electron chi connectivity index (χ0n) is 9.12. The first kappa shape index (κ1) is 11.6. The van der Waals surface area contributed by atoms with Gasteiger partial charge in [-0.1, -0.05) is 31.9 Å². The fraction of sp³-hybridized carbons (Fsp3) is 0.417. The average Bonchev–Trinajstić information content (AvgIpc) is 2.25. The number of hydrogen-bond donors (Lipinski definition) is 2. The van der Waals surface area contributed by atoms with E-state index in [1.54, 1.807) is 12.1 Å². The number of rotatable bonds is 5. The smallest absolute Gasteiger partial charge is 0.253 e. The molecule has 0 unspecified atom stereocenters. The Labute approximate surface area is 90.7 Å². The summed E-state index contributed by atoms with van der Waals surface area (Å²) in [4.78, 5) is 11.6. The summed E-state index contributed by atoms with van der Waals surface area (Å²) >= 11 is 0. The van der Waals surface area contributed by atoms with Crippen LogP contribution in [0.25, 0.3) is 0 Å². The molecule has 3 heteroatoms. The van der Waals surface area contributed by atoms with Crippen molar-refractivity contribution in [1.82, 2.24) is 5.32 Å². The summed E-state index contributed by atoms with van der Waals surface area (Å²) in [6, 6.07) is 7.12. The molecule has 0 radical (unpaired) electrons. The number of benzene rings is 1. The second-order valence-electron chi connectivity index (χ2n) is 3.55. The Morgan fingerprint density at radius 3 is 2.73 bits per heavy atom. The van der Waals surface area contributed by atoms with Gasteiger partial charge in [0.2, 0.25) is 0 Å². The highest BCUT2D eigenvalue weighted by Crippen LogP contribution is 2.09. The number of unbranched alkanes of at least 4 members (excludes halogenated alkanes) is 2. The number of nitrogen functional groups attached to an aromatic ring is 1. The van der Waals surface area contributed by atoms with E-state index in [9.17, 15) is 4.79 Å². The van der Waals surface area contributed by atoms with Gasteiger partial charge in [0.25, 0.3) is 5.91 Å². The number of amides is 1. The monoisotopic (exact) mass is 206 g/mol. The Bertz CT molecular complexity index is 323. The third-order valence-corrected chi connectivity index (χ3v) is 2.27. The highest BCUT2D eigenvalue weighted by molar-refractivity contribution is 5.98. The molecular weight excluding hydrogens is 188 g/mol. The molecule has 1 aromatic rings. The van der Waals surface area contributed by atoms with Gasteiger partial charge in [-0.3, -0.25) is 4.79 Å². The predicted octanol–water partition coefficient (Wildman–Crippen LogP) is 2.19. The SMILES string of the molecule is CCCCCNC(=O)c1ccccc1N. The van der Waals surface area contributed by atoms with Crippen molar-refractivity contribution < 1.29 is 4.79 Å². The van der Waals surface area contributed by atoms with Crippen LogP contribution in [0.5, 0.6) is 0 Å². The minimum atomic E-state index is -0.0794. The fourth-order valence-electron chi connectivity index (χ4n) is 1.38. The van der Waals surface area contributed by atoms with Crippen molar-refractivity contribution in [3.05, 3.63) is 29.8 Å². The van der Waals surface area contributed by atoms with Gasteiger partial charge in [0, 0.05) is 12.2 Å². The van der Waals surface area contributed by atoms with Crippen LogP contribution in [0.3, 0.4) is 0 Å². The summed E-state index contributed by atoms with van der Waals surface area (Å²) in [5.74, 6) is -0.0794. The maximum absolute atomic E-state index is 11.6. The molecule has 0 saturated heterocycles. The van der Waals surface area contributed by atoms with E-state index in [0.717, 1.165) is 25.8 Å². The van der Waals surface area contributed by atoms with Gasteiger partial charge in [-0.15, -0.1) is 0 Å². The molecule has 1 amide bonds. The molecule has 0 aliphatic carbocycles. The first-order valence-electron chi connectivity index (χ1n) is 5.38. The number of carbonyl (C=O) groups excluding carboxylic acids is 1. The van der Waals surface area contributed by atoms with Crippen molar-refractivity contribution in [3.8, 4) is 0 Å². The van der Waals surface area contributed by atoms with E-state index < -0.39 is 0 Å². The summed E-state index contributed by atoms with van der Waals surface area (Å²) in [6.07, 6.45) is 3.32. The summed E-state index contributed by atoms with van der Waals surface area (Å²) in [5.41, 5.74) is 6.79. The van der Waals surface area contributed by atoms with Crippen LogP contribution in [0.4, 0.5) is 5.69 Å². The van der Waals surface area contributed by atoms with Crippen LogP contribution in [-0.2, 0) is 0 Å². The minimum Gasteiger partial charge on any atom is -0.398 e. The Morgan fingerprint density at radius 1 is 1.33 bits per heavy atom. The molecule has 3 N–H and O–H groups in total. The molecule has 15 heavy (non-hydrogen) atoms. The molecule has 0 bridgehead atoms. The molecule has 3 nitrogen and oxygen atoms in total. The van der Waals surface area contributed by atoms with Crippen molar-refractivity contribution in [2.45, 2.75) is 26.2 Å². The highest BCUT2D eigenvalue weighted by Gasteiger charge is 2.06. The second-order valence-corrected chi connectivity index (χ2v) is 3.55. The Kier molecular flexibility index (Phi) is 4.68. The molecule has 1 rings (SSSR count). The second kappa shape index (κ2) is 6.06. The largest absolute Gasteiger partial charge is 0.398 e. The molecule has 0 atom stereocenters. The lowest BCUT2D eigenvalue weighted by atomic mass is 10.1. The summed E-state index contributed by atoms with van der Waals surface area (Å²) < 4.78 is 0. The molecule has 1 aromatic carbocycles. The van der Waals surface area contributed by atoms with Crippen molar-refractivity contribution in [3.63, 3.8) is 0 Å². The van der Waals surface area contributed by atoms with E-state index in [2.05, 4.69) is 12.2 Å². The lowest BCUT2D eigenvalue weighted by Gasteiger charge is -2.06. The number of anilines is 1. The van der Waals surface area contributed by atoms with E-state index in [0.29, 0.717) is 11.3 Å². The van der Waals surface area contributed by atoms with Crippen molar-refractivity contribution in [2.24, 2.45) is 0 Å². The number of carbonyl (C=O) groups is 1. The molecular formula is C12H18N2O. The van der Waals surface area contributed by atoms with Crippen LogP contribution in [0, 0.1) is 0 Å². The molecule has 0 saturated carbocycles. The van der Waals surface area contributed by atoms with E-state index >= 15 is 0 Å². The quantitative estimate of drug-likeness (QED) is 0.573. The normalized spacial score (nSPS) is 9.93. The third-order valence-electron chi connectivity index (χ3n) is 2.27. The Hall–Kier alpha value is -1.51. The van der Waals surface area contributed by atoms with Gasteiger partial charge < -0.3 is 11.1 Å². The van der Waals surface area contributed by atoms with Gasteiger partial charge in [0.1, 0.15) is 0 Å². The van der Waals surface area contributed by atoms with Gasteiger partial charge in [0.05, 0.1) is 5.56 Å². The molecule has 0 aliphatic rings. The number of para-hydroxylation sites is 1. The Morgan fingerprint density at radius 2 is 2.07 bits per heavy atom. The van der Waals surface area contributed by atoms with Crippen LogP contribution in [-0.4, -0.2) is 12.5 Å². The maximum atomic E-state index is 11.6. The molecule has 82 valence electrons. The lowest BCUT2D eigenvalue weighted by molar-refractivity contribution is 0.0954. The van der Waals surface area contributed by atoms with Gasteiger partial charge in [-0.05, 0) is 18.6 Å². The van der Waals surface area contributed by atoms with Crippen LogP contribution >= 0.6 is 0 Å². The number of nitrogens with one attached hydrogen (secondary N) is 1. The van der Waals surface area contributed by atoms with E-state index in [1.807, 2.05) is 12.1 Å². The Balaban J connectivity index is 2.44. The standard InChI is InChI=1S/C12H18N2O/c1-2-3-6-9-14-12(15)10-7-4-5-8-11(10)13/h4-5,7-8H,2-3,6,9,13H2,1H3,(H,14,15). The van der Waals surface area contributed by atoms with E-state index in [4.69, 9.17) is 5.73 Å². The number of hydrogen-bond acceptors (Lipinski definition) is 2. The summed E-state index contributed by atoms with van der Waals surface area (Å²) in [7, 11) is 0. The van der Waals surface area contributed by atoms with Crippen molar-refractivity contribution >= 4 is 11.6 Å².